The lowest BCUT2D eigenvalue weighted by molar-refractivity contribution is 0.411. The molecule has 20 heavy (non-hydrogen) atoms. The molecule has 0 aliphatic carbocycles. The van der Waals surface area contributed by atoms with Crippen molar-refractivity contribution in [3.63, 3.8) is 0 Å². The number of nitrogens with one attached hydrogen (secondary N) is 1. The van der Waals surface area contributed by atoms with E-state index in [1.807, 2.05) is 22.6 Å². The van der Waals surface area contributed by atoms with E-state index in [0.29, 0.717) is 16.5 Å². The summed E-state index contributed by atoms with van der Waals surface area (Å²) in [4.78, 5) is 0.169. The Labute approximate surface area is 136 Å². The van der Waals surface area contributed by atoms with Gasteiger partial charge in [-0.15, -0.1) is 0 Å². The molecule has 7 heteroatoms. The Bertz CT molecular complexity index is 734. The molecule has 2 rings (SSSR count). The molecule has 0 aromatic heterocycles. The smallest absolute Gasteiger partial charge is 0.261 e. The molecule has 0 saturated heterocycles. The minimum absolute atomic E-state index is 0.169. The fourth-order valence-corrected chi connectivity index (χ4v) is 3.79. The van der Waals surface area contributed by atoms with Crippen LogP contribution in [0.15, 0.2) is 47.4 Å². The average Bonchev–Trinajstić information content (AvgIpc) is 2.38. The van der Waals surface area contributed by atoms with Crippen molar-refractivity contribution in [3.8, 4) is 5.75 Å². The Morgan fingerprint density at radius 1 is 1.20 bits per heavy atom. The number of rotatable bonds is 4. The summed E-state index contributed by atoms with van der Waals surface area (Å²) in [5, 5.41) is 0.467. The van der Waals surface area contributed by atoms with Crippen molar-refractivity contribution in [2.75, 3.05) is 11.8 Å². The Morgan fingerprint density at radius 3 is 2.55 bits per heavy atom. The molecule has 0 saturated carbocycles. The number of hydrogen-bond acceptors (Lipinski definition) is 3. The van der Waals surface area contributed by atoms with E-state index >= 15 is 0 Å². The van der Waals surface area contributed by atoms with E-state index < -0.39 is 10.0 Å². The number of methoxy groups -OCH3 is 1. The maximum absolute atomic E-state index is 12.3. The summed E-state index contributed by atoms with van der Waals surface area (Å²) in [6.45, 7) is 0. The zero-order valence-corrected chi connectivity index (χ0v) is 14.2. The van der Waals surface area contributed by atoms with Crippen LogP contribution in [-0.4, -0.2) is 15.5 Å². The number of halogens is 2. The summed E-state index contributed by atoms with van der Waals surface area (Å²) in [6.07, 6.45) is 0. The van der Waals surface area contributed by atoms with Gasteiger partial charge < -0.3 is 4.74 Å². The molecule has 2 aromatic rings. The van der Waals surface area contributed by atoms with Gasteiger partial charge in [-0.25, -0.2) is 8.42 Å². The number of benzene rings is 2. The third kappa shape index (κ3) is 3.56. The summed E-state index contributed by atoms with van der Waals surface area (Å²) in [5.74, 6) is 0.632. The highest BCUT2D eigenvalue weighted by Gasteiger charge is 2.16. The minimum atomic E-state index is -3.65. The summed E-state index contributed by atoms with van der Waals surface area (Å²) in [6, 6.07) is 11.2. The van der Waals surface area contributed by atoms with E-state index in [-0.39, 0.29) is 4.90 Å². The highest BCUT2D eigenvalue weighted by molar-refractivity contribution is 14.1. The average molecular weight is 424 g/mol. The van der Waals surface area contributed by atoms with Crippen LogP contribution < -0.4 is 9.46 Å². The van der Waals surface area contributed by atoms with Gasteiger partial charge in [0, 0.05) is 5.02 Å². The number of hydrogen-bond donors (Lipinski definition) is 1. The summed E-state index contributed by atoms with van der Waals surface area (Å²) >= 11 is 7.86. The summed E-state index contributed by atoms with van der Waals surface area (Å²) in [7, 11) is -2.11. The van der Waals surface area contributed by atoms with Crippen molar-refractivity contribution in [1.82, 2.24) is 0 Å². The van der Waals surface area contributed by atoms with Gasteiger partial charge in [0.2, 0.25) is 0 Å². The Balaban J connectivity index is 2.33. The molecule has 1 N–H and O–H groups in total. The van der Waals surface area contributed by atoms with Gasteiger partial charge in [0.15, 0.2) is 0 Å². The quantitative estimate of drug-likeness (QED) is 0.762. The third-order valence-corrected chi connectivity index (χ3v) is 4.97. The van der Waals surface area contributed by atoms with Crippen LogP contribution >= 0.6 is 34.2 Å². The van der Waals surface area contributed by atoms with Crippen molar-refractivity contribution in [2.45, 2.75) is 4.90 Å². The Kier molecular flexibility index (Phi) is 4.77. The van der Waals surface area contributed by atoms with Gasteiger partial charge in [-0.1, -0.05) is 17.7 Å². The van der Waals surface area contributed by atoms with E-state index in [0.717, 1.165) is 3.57 Å². The minimum Gasteiger partial charge on any atom is -0.496 e. The second-order valence-corrected chi connectivity index (χ2v) is 7.19. The van der Waals surface area contributed by atoms with Crippen LogP contribution in [0, 0.1) is 3.57 Å². The second-order valence-electron chi connectivity index (χ2n) is 3.91. The highest BCUT2D eigenvalue weighted by atomic mass is 127. The molecule has 0 atom stereocenters. The van der Waals surface area contributed by atoms with Gasteiger partial charge in [-0.2, -0.15) is 0 Å². The molecule has 0 aliphatic heterocycles. The molecule has 2 aromatic carbocycles. The van der Waals surface area contributed by atoms with E-state index in [1.165, 1.54) is 13.2 Å². The zero-order chi connectivity index (χ0) is 14.8. The van der Waals surface area contributed by atoms with Crippen molar-refractivity contribution < 1.29 is 13.2 Å². The first-order valence-corrected chi connectivity index (χ1v) is 8.48. The zero-order valence-electron chi connectivity index (χ0n) is 10.4. The number of anilines is 1. The van der Waals surface area contributed by atoms with Crippen molar-refractivity contribution in [3.05, 3.63) is 51.1 Å². The fourth-order valence-electron chi connectivity index (χ4n) is 1.58. The summed E-state index contributed by atoms with van der Waals surface area (Å²) in [5.41, 5.74) is 0.420. The highest BCUT2D eigenvalue weighted by Crippen LogP contribution is 2.25. The first-order valence-electron chi connectivity index (χ1n) is 5.54. The van der Waals surface area contributed by atoms with Crippen molar-refractivity contribution in [1.29, 1.82) is 0 Å². The van der Waals surface area contributed by atoms with Crippen LogP contribution in [0.25, 0.3) is 0 Å². The predicted molar refractivity (Wildman–Crippen MR) is 88.0 cm³/mol. The number of sulfonamides is 1. The molecule has 0 fully saturated rings. The van der Waals surface area contributed by atoms with Crippen LogP contribution in [0.4, 0.5) is 5.69 Å². The van der Waals surface area contributed by atoms with Gasteiger partial charge in [0.25, 0.3) is 10.0 Å². The van der Waals surface area contributed by atoms with E-state index in [1.54, 1.807) is 36.4 Å². The van der Waals surface area contributed by atoms with E-state index in [4.69, 9.17) is 16.3 Å². The van der Waals surface area contributed by atoms with Gasteiger partial charge >= 0.3 is 0 Å². The maximum Gasteiger partial charge on any atom is 0.261 e. The summed E-state index contributed by atoms with van der Waals surface area (Å²) < 4.78 is 32.8. The molecule has 0 radical (unpaired) electrons. The third-order valence-electron chi connectivity index (χ3n) is 2.51. The molecule has 0 spiro atoms. The van der Waals surface area contributed by atoms with E-state index in [2.05, 4.69) is 4.72 Å². The predicted octanol–water partition coefficient (Wildman–Crippen LogP) is 3.75. The molecule has 0 heterocycles. The van der Waals surface area contributed by atoms with Crippen LogP contribution in [0.5, 0.6) is 5.75 Å². The normalized spacial score (nSPS) is 11.2. The first kappa shape index (κ1) is 15.4. The van der Waals surface area contributed by atoms with Crippen LogP contribution in [0.1, 0.15) is 0 Å². The number of ether oxygens (including phenoxy) is 1. The van der Waals surface area contributed by atoms with Crippen LogP contribution in [0.2, 0.25) is 5.02 Å². The topological polar surface area (TPSA) is 55.4 Å². The SMILES string of the molecule is COc1ccc(S(=O)(=O)Nc2cccc(Cl)c2)cc1I. The Hall–Kier alpha value is -0.990. The lowest BCUT2D eigenvalue weighted by Crippen LogP contribution is -2.13. The van der Waals surface area contributed by atoms with Gasteiger partial charge in [-0.05, 0) is 59.0 Å². The lowest BCUT2D eigenvalue weighted by atomic mass is 10.3. The molecule has 0 unspecified atom stereocenters. The molecule has 4 nitrogen and oxygen atoms in total. The van der Waals surface area contributed by atoms with Gasteiger partial charge in [0.05, 0.1) is 21.3 Å². The molecule has 0 bridgehead atoms. The monoisotopic (exact) mass is 423 g/mol. The maximum atomic E-state index is 12.3. The Morgan fingerprint density at radius 2 is 1.95 bits per heavy atom. The molecule has 106 valence electrons. The van der Waals surface area contributed by atoms with Crippen molar-refractivity contribution in [2.24, 2.45) is 0 Å². The van der Waals surface area contributed by atoms with Crippen LogP contribution in [-0.2, 0) is 10.0 Å². The molecule has 0 aliphatic rings. The molecular weight excluding hydrogens is 413 g/mol. The van der Waals surface area contributed by atoms with E-state index in [9.17, 15) is 8.42 Å². The standard InChI is InChI=1S/C13H11ClINO3S/c1-19-13-6-5-11(8-12(13)15)20(17,18)16-10-4-2-3-9(14)7-10/h2-8,16H,1H3. The first-order chi connectivity index (χ1) is 9.42. The largest absolute Gasteiger partial charge is 0.496 e. The fraction of sp³-hybridized carbons (Fsp3) is 0.0769. The van der Waals surface area contributed by atoms with Gasteiger partial charge in [-0.3, -0.25) is 4.72 Å². The molecular formula is C13H11ClINO3S. The van der Waals surface area contributed by atoms with Crippen LogP contribution in [0.3, 0.4) is 0 Å². The van der Waals surface area contributed by atoms with Gasteiger partial charge in [0.1, 0.15) is 5.75 Å². The molecule has 0 amide bonds. The van der Waals surface area contributed by atoms with Crippen molar-refractivity contribution >= 4 is 49.9 Å². The second kappa shape index (κ2) is 6.19. The lowest BCUT2D eigenvalue weighted by Gasteiger charge is -2.10.